The van der Waals surface area contributed by atoms with Crippen LogP contribution < -0.4 is 43.4 Å². The van der Waals surface area contributed by atoms with Crippen molar-refractivity contribution >= 4 is 74.8 Å². The Morgan fingerprint density at radius 3 is 2.24 bits per heavy atom. The molecular weight excluding hydrogens is 1020 g/mol. The lowest BCUT2D eigenvalue weighted by Gasteiger charge is -2.31. The zero-order valence-corrected chi connectivity index (χ0v) is 45.8. The smallest absolute Gasteiger partial charge is 0.245 e. The standard InChI is InChI=1S/C60H77N11O9/c1-3-4-24-47(66-38(2)72)55(75)68-49-26-12-13-30-63-54(74)29-15-28-53(73)50(33-42-35-65-46-25-11-10-23-45(42)46)69-56(76)48(27-16-31-64-60(61)62)67-57(77)51(32-41-21-14-20-40-19-8-9-22-44(40)41)70-58(78)52-34-43(36-71(52)59(49)79)80-37-39-17-6-5-7-18-39/h5-11,14,17-23,25,35,43,47-52,65H,3-4,12-13,15-16,24,26-34,36-37H2,1-2H3,(H,63,74)(H,66,72)(H,67,77)(H,68,75)(H,69,76)(H,70,78)(H4,61,62,64)/t43?,47-,48-,49-,50-,51+,52?/m0/s1. The van der Waals surface area contributed by atoms with E-state index in [-0.39, 0.29) is 102 Å². The molecule has 0 bridgehead atoms. The van der Waals surface area contributed by atoms with E-state index in [1.54, 1.807) is 6.20 Å². The van der Waals surface area contributed by atoms with Gasteiger partial charge in [0.1, 0.15) is 30.2 Å². The van der Waals surface area contributed by atoms with Crippen molar-refractivity contribution in [1.29, 1.82) is 0 Å². The molecule has 2 saturated heterocycles. The molecule has 2 aliphatic heterocycles. The van der Waals surface area contributed by atoms with Gasteiger partial charge in [-0.05, 0) is 78.5 Å². The fourth-order valence-electron chi connectivity index (χ4n) is 10.5. The van der Waals surface area contributed by atoms with Gasteiger partial charge in [-0.25, -0.2) is 0 Å². The molecule has 0 saturated carbocycles. The number of Topliss-reactive ketones (excluding diaryl/α,β-unsaturated/α-hetero) is 1. The van der Waals surface area contributed by atoms with Gasteiger partial charge >= 0.3 is 0 Å². The molecule has 2 unspecified atom stereocenters. The van der Waals surface area contributed by atoms with E-state index in [0.29, 0.717) is 25.7 Å². The number of carbonyl (C=O) groups excluding carboxylic acids is 8. The van der Waals surface area contributed by atoms with E-state index < -0.39 is 77.8 Å². The first-order chi connectivity index (χ1) is 38.7. The van der Waals surface area contributed by atoms with Crippen LogP contribution >= 0.6 is 0 Å². The van der Waals surface area contributed by atoms with Crippen LogP contribution in [0.15, 0.2) is 108 Å². The molecule has 7 amide bonds. The number of para-hydroxylation sites is 1. The molecule has 5 aromatic rings. The highest BCUT2D eigenvalue weighted by Gasteiger charge is 2.44. The van der Waals surface area contributed by atoms with E-state index in [9.17, 15) is 24.0 Å². The molecule has 3 heterocycles. The number of nitrogens with two attached hydrogens (primary N) is 2. The van der Waals surface area contributed by atoms with Crippen molar-refractivity contribution < 1.29 is 43.1 Å². The third kappa shape index (κ3) is 17.2. The summed E-state index contributed by atoms with van der Waals surface area (Å²) in [6, 6.07) is 23.3. The minimum absolute atomic E-state index is 0.0193. The average Bonchev–Trinajstić information content (AvgIpc) is 4.11. The SMILES string of the molecule is CCCC[C@H](NC(C)=O)C(=O)N[C@H]1CCCCNC(=O)CCCC(=O)[C@H](Cc2c[nH]c3ccccc23)NC(=O)[C@H](CCCN=C(N)N)NC(=O)[C@@H](Cc2cccc3ccccc23)NC(=O)C2CC(OCc3ccccc3)CN2C1=O. The fourth-order valence-corrected chi connectivity index (χ4v) is 10.5. The number of benzene rings is 4. The molecule has 2 fully saturated rings. The molecule has 7 rings (SSSR count). The lowest BCUT2D eigenvalue weighted by Crippen LogP contribution is -2.59. The molecular formula is C60H77N11O9. The summed E-state index contributed by atoms with van der Waals surface area (Å²) in [4.78, 5) is 123. The van der Waals surface area contributed by atoms with Crippen molar-refractivity contribution in [3.05, 3.63) is 120 Å². The minimum Gasteiger partial charge on any atom is -0.372 e. The number of carbonyl (C=O) groups is 8. The number of fused-ring (bicyclic) bond motifs is 3. The molecule has 20 heteroatoms. The highest BCUT2D eigenvalue weighted by Crippen LogP contribution is 2.26. The van der Waals surface area contributed by atoms with Crippen LogP contribution in [-0.2, 0) is 62.5 Å². The predicted molar refractivity (Wildman–Crippen MR) is 305 cm³/mol. The second kappa shape index (κ2) is 29.7. The summed E-state index contributed by atoms with van der Waals surface area (Å²) in [5.74, 6) is -4.36. The van der Waals surface area contributed by atoms with Gasteiger partial charge in [-0.1, -0.05) is 111 Å². The van der Waals surface area contributed by atoms with E-state index in [1.807, 2.05) is 104 Å². The van der Waals surface area contributed by atoms with E-state index in [2.05, 4.69) is 41.9 Å². The van der Waals surface area contributed by atoms with E-state index in [4.69, 9.17) is 16.2 Å². The average molecular weight is 1100 g/mol. The quantitative estimate of drug-likeness (QED) is 0.0364. The van der Waals surface area contributed by atoms with Gasteiger partial charge in [0.25, 0.3) is 0 Å². The summed E-state index contributed by atoms with van der Waals surface area (Å²) in [5.41, 5.74) is 14.5. The van der Waals surface area contributed by atoms with Gasteiger partial charge in [0, 0.05) is 75.8 Å². The van der Waals surface area contributed by atoms with Crippen molar-refractivity contribution in [2.45, 2.75) is 153 Å². The summed E-state index contributed by atoms with van der Waals surface area (Å²) < 4.78 is 6.40. The topological polar surface area (TPSA) is 301 Å². The Bertz CT molecular complexity index is 2970. The summed E-state index contributed by atoms with van der Waals surface area (Å²) in [6.45, 7) is 3.78. The number of aromatic amines is 1. The maximum Gasteiger partial charge on any atom is 0.245 e. The first-order valence-electron chi connectivity index (χ1n) is 28.0. The first kappa shape index (κ1) is 59.5. The normalized spacial score (nSPS) is 21.6. The molecule has 20 nitrogen and oxygen atoms in total. The van der Waals surface area contributed by atoms with Gasteiger partial charge in [0.15, 0.2) is 11.7 Å². The number of amides is 7. The molecule has 7 atom stereocenters. The first-order valence-corrected chi connectivity index (χ1v) is 28.0. The monoisotopic (exact) mass is 1100 g/mol. The predicted octanol–water partition coefficient (Wildman–Crippen LogP) is 4.02. The Hall–Kier alpha value is -8.13. The van der Waals surface area contributed by atoms with Gasteiger partial charge in [0.05, 0.1) is 18.8 Å². The Labute approximate surface area is 466 Å². The number of guanidine groups is 1. The van der Waals surface area contributed by atoms with E-state index in [0.717, 1.165) is 44.8 Å². The molecule has 426 valence electrons. The van der Waals surface area contributed by atoms with Crippen LogP contribution in [0.3, 0.4) is 0 Å². The molecule has 80 heavy (non-hydrogen) atoms. The Balaban J connectivity index is 1.26. The number of H-pyrrole nitrogens is 1. The lowest BCUT2D eigenvalue weighted by atomic mass is 9.97. The Morgan fingerprint density at radius 1 is 0.762 bits per heavy atom. The van der Waals surface area contributed by atoms with Crippen LogP contribution in [-0.4, -0.2) is 125 Å². The molecule has 0 radical (unpaired) electrons. The molecule has 2 aliphatic rings. The number of hydrogen-bond acceptors (Lipinski definition) is 10. The lowest BCUT2D eigenvalue weighted by molar-refractivity contribution is -0.143. The summed E-state index contributed by atoms with van der Waals surface area (Å²) in [7, 11) is 0. The van der Waals surface area contributed by atoms with E-state index in [1.165, 1.54) is 11.8 Å². The zero-order chi connectivity index (χ0) is 57.0. The number of ether oxygens (including phenoxy) is 1. The number of ketones is 1. The molecule has 0 spiro atoms. The number of rotatable bonds is 17. The van der Waals surface area contributed by atoms with Crippen LogP contribution in [0.5, 0.6) is 0 Å². The summed E-state index contributed by atoms with van der Waals surface area (Å²) in [6.07, 6.45) is 4.26. The number of unbranched alkanes of at least 4 members (excludes halogenated alkanes) is 1. The second-order valence-corrected chi connectivity index (χ2v) is 20.8. The number of aliphatic imine (C=N–C) groups is 1. The fraction of sp³-hybridized carbons (Fsp3) is 0.450. The summed E-state index contributed by atoms with van der Waals surface area (Å²) in [5, 5.41) is 20.0. The molecule has 1 aromatic heterocycles. The van der Waals surface area contributed by atoms with Crippen LogP contribution in [0.4, 0.5) is 0 Å². The van der Waals surface area contributed by atoms with Crippen molar-refractivity contribution in [3.63, 3.8) is 0 Å². The zero-order valence-electron chi connectivity index (χ0n) is 45.8. The third-order valence-corrected chi connectivity index (χ3v) is 14.7. The van der Waals surface area contributed by atoms with Gasteiger partial charge in [-0.15, -0.1) is 0 Å². The molecule has 11 N–H and O–H groups in total. The number of aromatic nitrogens is 1. The molecule has 4 aromatic carbocycles. The third-order valence-electron chi connectivity index (χ3n) is 14.7. The van der Waals surface area contributed by atoms with Crippen molar-refractivity contribution in [3.8, 4) is 0 Å². The van der Waals surface area contributed by atoms with Gasteiger partial charge in [-0.3, -0.25) is 43.3 Å². The van der Waals surface area contributed by atoms with Crippen molar-refractivity contribution in [1.82, 2.24) is 41.8 Å². The Morgan fingerprint density at radius 2 is 1.46 bits per heavy atom. The van der Waals surface area contributed by atoms with Gasteiger partial charge in [-0.2, -0.15) is 0 Å². The second-order valence-electron chi connectivity index (χ2n) is 20.8. The number of nitrogens with zero attached hydrogens (tertiary/aromatic N) is 2. The number of nitrogens with one attached hydrogen (secondary N) is 7. The largest absolute Gasteiger partial charge is 0.372 e. The summed E-state index contributed by atoms with van der Waals surface area (Å²) >= 11 is 0. The van der Waals surface area contributed by atoms with E-state index >= 15 is 14.4 Å². The molecule has 0 aliphatic carbocycles. The van der Waals surface area contributed by atoms with Crippen LogP contribution in [0.25, 0.3) is 21.7 Å². The van der Waals surface area contributed by atoms with Crippen LogP contribution in [0, 0.1) is 0 Å². The van der Waals surface area contributed by atoms with Crippen molar-refractivity contribution in [2.24, 2.45) is 16.5 Å². The maximum absolute atomic E-state index is 15.2. The highest BCUT2D eigenvalue weighted by atomic mass is 16.5. The van der Waals surface area contributed by atoms with Crippen LogP contribution in [0.1, 0.15) is 108 Å². The van der Waals surface area contributed by atoms with Crippen LogP contribution in [0.2, 0.25) is 0 Å². The maximum atomic E-state index is 15.2. The highest BCUT2D eigenvalue weighted by molar-refractivity contribution is 5.98. The van der Waals surface area contributed by atoms with Gasteiger partial charge < -0.3 is 58.0 Å². The number of hydrogen-bond donors (Lipinski definition) is 9. The van der Waals surface area contributed by atoms with Gasteiger partial charge in [0.2, 0.25) is 41.4 Å². The van der Waals surface area contributed by atoms with Crippen molar-refractivity contribution in [2.75, 3.05) is 19.6 Å². The Kier molecular flexibility index (Phi) is 22.1. The minimum atomic E-state index is -1.33.